The lowest BCUT2D eigenvalue weighted by Gasteiger charge is -2.21. The molecule has 1 N–H and O–H groups in total. The van der Waals surface area contributed by atoms with E-state index in [1.807, 2.05) is 23.1 Å². The van der Waals surface area contributed by atoms with Gasteiger partial charge in [0, 0.05) is 23.1 Å². The molecule has 1 aromatic heterocycles. The third-order valence-corrected chi connectivity index (χ3v) is 6.30. The minimum Gasteiger partial charge on any atom is -0.316 e. The van der Waals surface area contributed by atoms with Crippen LogP contribution in [0.1, 0.15) is 61.5 Å². The third kappa shape index (κ3) is 4.74. The van der Waals surface area contributed by atoms with Crippen molar-refractivity contribution in [3.8, 4) is 0 Å². The van der Waals surface area contributed by atoms with Gasteiger partial charge in [-0.2, -0.15) is 11.8 Å². The zero-order valence-electron chi connectivity index (χ0n) is 13.1. The molecule has 0 aliphatic heterocycles. The third-order valence-electron chi connectivity index (χ3n) is 3.61. The summed E-state index contributed by atoms with van der Waals surface area (Å²) in [7, 11) is 0. The molecule has 1 heterocycles. The number of aromatic nitrogens is 1. The maximum absolute atomic E-state index is 4.97. The number of thioether (sulfide) groups is 1. The standard InChI is InChI=1S/C16H28N2S2/c1-4-8-17-9-13-6-5-7-14-16(13)18-15(20-14)11-19-10-12(2)3/h12-13,17H,4-11H2,1-3H3. The van der Waals surface area contributed by atoms with Crippen LogP contribution in [0.25, 0.3) is 0 Å². The summed E-state index contributed by atoms with van der Waals surface area (Å²) >= 11 is 4.00. The minimum absolute atomic E-state index is 0.658. The molecule has 0 radical (unpaired) electrons. The van der Waals surface area contributed by atoms with Gasteiger partial charge in [-0.1, -0.05) is 20.8 Å². The molecule has 1 aliphatic rings. The van der Waals surface area contributed by atoms with Gasteiger partial charge < -0.3 is 5.32 Å². The van der Waals surface area contributed by atoms with Gasteiger partial charge in [-0.15, -0.1) is 11.3 Å². The highest BCUT2D eigenvalue weighted by Crippen LogP contribution is 2.35. The number of thiazole rings is 1. The Morgan fingerprint density at radius 1 is 1.45 bits per heavy atom. The van der Waals surface area contributed by atoms with Gasteiger partial charge in [0.1, 0.15) is 5.01 Å². The van der Waals surface area contributed by atoms with Crippen LogP contribution in [-0.2, 0) is 12.2 Å². The molecule has 0 amide bonds. The van der Waals surface area contributed by atoms with Gasteiger partial charge in [-0.25, -0.2) is 4.98 Å². The first-order chi connectivity index (χ1) is 9.70. The quantitative estimate of drug-likeness (QED) is 0.718. The Labute approximate surface area is 132 Å². The predicted molar refractivity (Wildman–Crippen MR) is 92.0 cm³/mol. The molecule has 0 fully saturated rings. The van der Waals surface area contributed by atoms with Gasteiger partial charge in [0.25, 0.3) is 0 Å². The van der Waals surface area contributed by atoms with Crippen molar-refractivity contribution in [1.82, 2.24) is 10.3 Å². The van der Waals surface area contributed by atoms with Crippen LogP contribution in [-0.4, -0.2) is 23.8 Å². The zero-order valence-corrected chi connectivity index (χ0v) is 14.7. The lowest BCUT2D eigenvalue weighted by atomic mass is 9.91. The number of nitrogens with one attached hydrogen (secondary N) is 1. The van der Waals surface area contributed by atoms with E-state index < -0.39 is 0 Å². The fourth-order valence-electron chi connectivity index (χ4n) is 2.65. The molecule has 20 heavy (non-hydrogen) atoms. The summed E-state index contributed by atoms with van der Waals surface area (Å²) in [5, 5.41) is 4.92. The van der Waals surface area contributed by atoms with E-state index in [1.54, 1.807) is 4.88 Å². The molecule has 4 heteroatoms. The molecule has 1 unspecified atom stereocenters. The molecule has 0 saturated heterocycles. The van der Waals surface area contributed by atoms with Crippen LogP contribution < -0.4 is 5.32 Å². The average Bonchev–Trinajstić information content (AvgIpc) is 2.82. The van der Waals surface area contributed by atoms with Crippen molar-refractivity contribution < 1.29 is 0 Å². The van der Waals surface area contributed by atoms with Crippen molar-refractivity contribution in [1.29, 1.82) is 0 Å². The van der Waals surface area contributed by atoms with E-state index in [0.29, 0.717) is 5.92 Å². The van der Waals surface area contributed by atoms with Crippen molar-refractivity contribution in [2.24, 2.45) is 5.92 Å². The topological polar surface area (TPSA) is 24.9 Å². The number of rotatable bonds is 8. The van der Waals surface area contributed by atoms with Gasteiger partial charge in [-0.05, 0) is 43.9 Å². The summed E-state index contributed by atoms with van der Waals surface area (Å²) in [6, 6.07) is 0. The first-order valence-electron chi connectivity index (χ1n) is 7.97. The molecule has 1 aliphatic carbocycles. The lowest BCUT2D eigenvalue weighted by Crippen LogP contribution is -2.24. The number of fused-ring (bicyclic) bond motifs is 1. The van der Waals surface area contributed by atoms with E-state index in [9.17, 15) is 0 Å². The number of hydrogen-bond acceptors (Lipinski definition) is 4. The highest BCUT2D eigenvalue weighted by molar-refractivity contribution is 7.98. The van der Waals surface area contributed by atoms with Crippen LogP contribution >= 0.6 is 23.1 Å². The number of nitrogens with zero attached hydrogens (tertiary/aromatic N) is 1. The fraction of sp³-hybridized carbons (Fsp3) is 0.812. The van der Waals surface area contributed by atoms with Crippen molar-refractivity contribution in [2.75, 3.05) is 18.8 Å². The van der Waals surface area contributed by atoms with Crippen LogP contribution in [0.3, 0.4) is 0 Å². The van der Waals surface area contributed by atoms with E-state index in [0.717, 1.165) is 24.8 Å². The van der Waals surface area contributed by atoms with Crippen molar-refractivity contribution >= 4 is 23.1 Å². The van der Waals surface area contributed by atoms with Gasteiger partial charge in [0.15, 0.2) is 0 Å². The van der Waals surface area contributed by atoms with E-state index in [1.165, 1.54) is 42.1 Å². The predicted octanol–water partition coefficient (Wildman–Crippen LogP) is 4.45. The summed E-state index contributed by atoms with van der Waals surface area (Å²) in [6.07, 6.45) is 5.12. The molecule has 1 atom stereocenters. The number of aryl methyl sites for hydroxylation is 1. The second-order valence-electron chi connectivity index (χ2n) is 6.12. The molecule has 1 aromatic rings. The Kier molecular flexibility index (Phi) is 6.85. The van der Waals surface area contributed by atoms with Gasteiger partial charge >= 0.3 is 0 Å². The van der Waals surface area contributed by atoms with E-state index in [2.05, 4.69) is 26.1 Å². The number of hydrogen-bond donors (Lipinski definition) is 1. The zero-order chi connectivity index (χ0) is 14.4. The van der Waals surface area contributed by atoms with Gasteiger partial charge in [-0.3, -0.25) is 0 Å². The molecule has 2 nitrogen and oxygen atoms in total. The summed E-state index contributed by atoms with van der Waals surface area (Å²) in [5.41, 5.74) is 1.42. The SMILES string of the molecule is CCCNCC1CCCc2sc(CSCC(C)C)nc21. The first-order valence-corrected chi connectivity index (χ1v) is 9.94. The summed E-state index contributed by atoms with van der Waals surface area (Å²) in [4.78, 5) is 6.53. The van der Waals surface area contributed by atoms with Crippen LogP contribution in [0.2, 0.25) is 0 Å². The molecule has 114 valence electrons. The summed E-state index contributed by atoms with van der Waals surface area (Å²) in [5.74, 6) is 3.78. The van der Waals surface area contributed by atoms with Gasteiger partial charge in [0.2, 0.25) is 0 Å². The normalized spacial score (nSPS) is 18.5. The molecule has 0 aromatic carbocycles. The van der Waals surface area contributed by atoms with Crippen LogP contribution in [0.4, 0.5) is 0 Å². The Balaban J connectivity index is 1.92. The van der Waals surface area contributed by atoms with Crippen molar-refractivity contribution in [2.45, 2.75) is 58.1 Å². The molecule has 0 bridgehead atoms. The Hall–Kier alpha value is -0.0600. The highest BCUT2D eigenvalue weighted by Gasteiger charge is 2.24. The summed E-state index contributed by atoms with van der Waals surface area (Å²) in [6.45, 7) is 9.05. The lowest BCUT2D eigenvalue weighted by molar-refractivity contribution is 0.501. The van der Waals surface area contributed by atoms with E-state index in [4.69, 9.17) is 4.98 Å². The Morgan fingerprint density at radius 3 is 3.05 bits per heavy atom. The molecular weight excluding hydrogens is 284 g/mol. The monoisotopic (exact) mass is 312 g/mol. The highest BCUT2D eigenvalue weighted by atomic mass is 32.2. The van der Waals surface area contributed by atoms with E-state index in [-0.39, 0.29) is 0 Å². The van der Waals surface area contributed by atoms with Crippen molar-refractivity contribution in [3.05, 3.63) is 15.6 Å². The first kappa shape index (κ1) is 16.3. The van der Waals surface area contributed by atoms with Crippen LogP contribution in [0, 0.1) is 5.92 Å². The fourth-order valence-corrected chi connectivity index (χ4v) is 4.96. The second kappa shape index (κ2) is 8.40. The maximum atomic E-state index is 4.97. The van der Waals surface area contributed by atoms with Crippen LogP contribution in [0.5, 0.6) is 0 Å². The second-order valence-corrected chi connectivity index (χ2v) is 8.32. The minimum atomic E-state index is 0.658. The molecule has 0 spiro atoms. The Morgan fingerprint density at radius 2 is 2.30 bits per heavy atom. The van der Waals surface area contributed by atoms with Crippen LogP contribution in [0.15, 0.2) is 0 Å². The summed E-state index contributed by atoms with van der Waals surface area (Å²) < 4.78 is 0. The average molecular weight is 313 g/mol. The maximum Gasteiger partial charge on any atom is 0.103 e. The van der Waals surface area contributed by atoms with E-state index >= 15 is 0 Å². The smallest absolute Gasteiger partial charge is 0.103 e. The molecule has 2 rings (SSSR count). The molecule has 0 saturated carbocycles. The molecular formula is C16H28N2S2. The van der Waals surface area contributed by atoms with Gasteiger partial charge in [0.05, 0.1) is 5.69 Å². The Bertz CT molecular complexity index is 401. The largest absolute Gasteiger partial charge is 0.316 e. The van der Waals surface area contributed by atoms with Crippen molar-refractivity contribution in [3.63, 3.8) is 0 Å².